The highest BCUT2D eigenvalue weighted by atomic mass is 35.5. The fraction of sp³-hybridized carbons (Fsp3) is 0.471. The van der Waals surface area contributed by atoms with Crippen LogP contribution in [-0.2, 0) is 11.2 Å². The number of fused-ring (bicyclic) bond motifs is 2. The maximum absolute atomic E-state index is 12.6. The van der Waals surface area contributed by atoms with E-state index in [2.05, 4.69) is 5.38 Å². The Hall–Kier alpha value is -1.10. The zero-order valence-corrected chi connectivity index (χ0v) is 13.9. The molecule has 1 aliphatic heterocycles. The van der Waals surface area contributed by atoms with Crippen molar-refractivity contribution in [2.45, 2.75) is 25.3 Å². The molecule has 2 aromatic rings. The number of carbonyl (C=O) groups is 1. The summed E-state index contributed by atoms with van der Waals surface area (Å²) in [6, 6.07) is 6.17. The molecule has 1 aromatic heterocycles. The topological polar surface area (TPSA) is 46.3 Å². The van der Waals surface area contributed by atoms with Crippen molar-refractivity contribution in [3.63, 3.8) is 0 Å². The summed E-state index contributed by atoms with van der Waals surface area (Å²) in [5.74, 6) is 1.35. The number of amides is 1. The van der Waals surface area contributed by atoms with E-state index >= 15 is 0 Å². The highest BCUT2D eigenvalue weighted by Gasteiger charge is 2.42. The Morgan fingerprint density at radius 1 is 1.36 bits per heavy atom. The number of hydrogen-bond acceptors (Lipinski definition) is 3. The molecule has 3 nitrogen and oxygen atoms in total. The molecule has 116 valence electrons. The summed E-state index contributed by atoms with van der Waals surface area (Å²) in [5.41, 5.74) is 7.25. The number of benzene rings is 1. The van der Waals surface area contributed by atoms with Crippen molar-refractivity contribution in [3.05, 3.63) is 34.2 Å². The van der Waals surface area contributed by atoms with Gasteiger partial charge in [-0.15, -0.1) is 11.3 Å². The Morgan fingerprint density at radius 2 is 2.23 bits per heavy atom. The van der Waals surface area contributed by atoms with Gasteiger partial charge in [-0.25, -0.2) is 0 Å². The second kappa shape index (κ2) is 5.52. The largest absolute Gasteiger partial charge is 0.342 e. The van der Waals surface area contributed by atoms with Crippen molar-refractivity contribution >= 4 is 38.9 Å². The number of thiophene rings is 1. The molecule has 0 bridgehead atoms. The highest BCUT2D eigenvalue weighted by Crippen LogP contribution is 2.37. The quantitative estimate of drug-likeness (QED) is 0.916. The monoisotopic (exact) mass is 334 g/mol. The second-order valence-electron chi connectivity index (χ2n) is 6.54. The van der Waals surface area contributed by atoms with Crippen LogP contribution >= 0.6 is 22.9 Å². The van der Waals surface area contributed by atoms with Crippen LogP contribution < -0.4 is 5.73 Å². The molecular weight excluding hydrogens is 316 g/mol. The molecule has 3 unspecified atom stereocenters. The van der Waals surface area contributed by atoms with E-state index in [0.29, 0.717) is 18.3 Å². The third-order valence-electron chi connectivity index (χ3n) is 5.22. The minimum absolute atomic E-state index is 0.223. The zero-order chi connectivity index (χ0) is 15.3. The number of rotatable bonds is 2. The maximum Gasteiger partial charge on any atom is 0.227 e. The van der Waals surface area contributed by atoms with E-state index in [-0.39, 0.29) is 11.9 Å². The first-order valence-electron chi connectivity index (χ1n) is 7.81. The van der Waals surface area contributed by atoms with Gasteiger partial charge >= 0.3 is 0 Å². The smallest absolute Gasteiger partial charge is 0.227 e. The first-order chi connectivity index (χ1) is 10.6. The lowest BCUT2D eigenvalue weighted by molar-refractivity contribution is -0.129. The number of nitrogens with two attached hydrogens (primary N) is 1. The number of nitrogens with zero attached hydrogens (tertiary/aromatic N) is 1. The highest BCUT2D eigenvalue weighted by molar-refractivity contribution is 7.17. The lowest BCUT2D eigenvalue weighted by Crippen LogP contribution is -2.34. The van der Waals surface area contributed by atoms with E-state index in [4.69, 9.17) is 17.3 Å². The third kappa shape index (κ3) is 2.43. The molecule has 1 saturated heterocycles. The first-order valence-corrected chi connectivity index (χ1v) is 9.06. The van der Waals surface area contributed by atoms with E-state index in [1.54, 1.807) is 11.3 Å². The summed E-state index contributed by atoms with van der Waals surface area (Å²) in [5, 5.41) is 3.92. The van der Waals surface area contributed by atoms with Crippen LogP contribution in [0.1, 0.15) is 18.4 Å². The lowest BCUT2D eigenvalue weighted by Gasteiger charge is -2.18. The molecule has 1 saturated carbocycles. The van der Waals surface area contributed by atoms with Gasteiger partial charge in [0.2, 0.25) is 5.91 Å². The summed E-state index contributed by atoms with van der Waals surface area (Å²) in [4.78, 5) is 14.7. The average Bonchev–Trinajstić information content (AvgIpc) is 3.16. The summed E-state index contributed by atoms with van der Waals surface area (Å²) >= 11 is 7.76. The predicted octanol–water partition coefficient (Wildman–Crippen LogP) is 3.29. The molecule has 3 atom stereocenters. The first kappa shape index (κ1) is 14.5. The van der Waals surface area contributed by atoms with Crippen LogP contribution in [-0.4, -0.2) is 29.9 Å². The van der Waals surface area contributed by atoms with Gasteiger partial charge < -0.3 is 10.6 Å². The van der Waals surface area contributed by atoms with Crippen molar-refractivity contribution in [1.29, 1.82) is 0 Å². The fourth-order valence-corrected chi connectivity index (χ4v) is 5.09. The predicted molar refractivity (Wildman–Crippen MR) is 91.3 cm³/mol. The van der Waals surface area contributed by atoms with Gasteiger partial charge in [-0.3, -0.25) is 4.79 Å². The normalized spacial score (nSPS) is 27.5. The van der Waals surface area contributed by atoms with Gasteiger partial charge in [-0.1, -0.05) is 11.6 Å². The molecule has 2 heterocycles. The van der Waals surface area contributed by atoms with Crippen LogP contribution in [0.25, 0.3) is 10.1 Å². The molecule has 1 aromatic carbocycles. The van der Waals surface area contributed by atoms with Crippen LogP contribution in [0.5, 0.6) is 0 Å². The Bertz CT molecular complexity index is 729. The van der Waals surface area contributed by atoms with Crippen molar-refractivity contribution in [3.8, 4) is 0 Å². The van der Waals surface area contributed by atoms with Crippen LogP contribution in [0.4, 0.5) is 0 Å². The molecule has 22 heavy (non-hydrogen) atoms. The molecular formula is C17H19ClN2OS. The van der Waals surface area contributed by atoms with Gasteiger partial charge in [0.25, 0.3) is 0 Å². The molecule has 1 amide bonds. The van der Waals surface area contributed by atoms with Crippen molar-refractivity contribution in [2.75, 3.05) is 13.1 Å². The van der Waals surface area contributed by atoms with E-state index in [0.717, 1.165) is 35.5 Å². The molecule has 1 aliphatic carbocycles. The van der Waals surface area contributed by atoms with E-state index < -0.39 is 0 Å². The van der Waals surface area contributed by atoms with E-state index in [1.165, 1.54) is 11.1 Å². The van der Waals surface area contributed by atoms with Gasteiger partial charge in [0, 0.05) is 28.9 Å². The maximum atomic E-state index is 12.6. The standard InChI is InChI=1S/C17H19ClN2OS/c18-12-2-4-16-13(6-12)11(9-22-16)5-17(21)20-7-10-1-3-15(19)14(10)8-20/h2,4,6,9-10,14-15H,1,3,5,7-8,19H2. The van der Waals surface area contributed by atoms with Gasteiger partial charge in [-0.2, -0.15) is 0 Å². The van der Waals surface area contributed by atoms with Gasteiger partial charge in [-0.05, 0) is 59.2 Å². The van der Waals surface area contributed by atoms with E-state index in [9.17, 15) is 4.79 Å². The summed E-state index contributed by atoms with van der Waals surface area (Å²) < 4.78 is 1.19. The molecule has 4 rings (SSSR count). The van der Waals surface area contributed by atoms with Crippen molar-refractivity contribution < 1.29 is 4.79 Å². The Kier molecular flexibility index (Phi) is 3.63. The van der Waals surface area contributed by atoms with Gasteiger partial charge in [0.05, 0.1) is 6.42 Å². The average molecular weight is 335 g/mol. The van der Waals surface area contributed by atoms with Crippen LogP contribution in [0.2, 0.25) is 5.02 Å². The Morgan fingerprint density at radius 3 is 3.05 bits per heavy atom. The van der Waals surface area contributed by atoms with Gasteiger partial charge in [0.15, 0.2) is 0 Å². The fourth-order valence-electron chi connectivity index (χ4n) is 3.98. The van der Waals surface area contributed by atoms with Crippen molar-refractivity contribution in [2.24, 2.45) is 17.6 Å². The van der Waals surface area contributed by atoms with E-state index in [1.807, 2.05) is 23.1 Å². The molecule has 0 radical (unpaired) electrons. The summed E-state index contributed by atoms with van der Waals surface area (Å²) in [6.45, 7) is 1.73. The molecule has 2 fully saturated rings. The van der Waals surface area contributed by atoms with Crippen LogP contribution in [0.15, 0.2) is 23.6 Å². The molecule has 2 aliphatic rings. The molecule has 2 N–H and O–H groups in total. The Labute approximate surface area is 139 Å². The van der Waals surface area contributed by atoms with Crippen molar-refractivity contribution in [1.82, 2.24) is 4.90 Å². The van der Waals surface area contributed by atoms with Gasteiger partial charge in [0.1, 0.15) is 0 Å². The minimum Gasteiger partial charge on any atom is -0.342 e. The SMILES string of the molecule is NC1CCC2CN(C(=O)Cc3csc4ccc(Cl)cc34)CC12. The molecule has 0 spiro atoms. The number of likely N-dealkylation sites (tertiary alicyclic amines) is 1. The number of halogens is 1. The zero-order valence-electron chi connectivity index (χ0n) is 12.3. The Balaban J connectivity index is 1.51. The lowest BCUT2D eigenvalue weighted by atomic mass is 9.98. The van der Waals surface area contributed by atoms with Crippen LogP contribution in [0, 0.1) is 11.8 Å². The van der Waals surface area contributed by atoms with Crippen LogP contribution in [0.3, 0.4) is 0 Å². The second-order valence-corrected chi connectivity index (χ2v) is 7.89. The minimum atomic E-state index is 0.223. The third-order valence-corrected chi connectivity index (χ3v) is 6.47. The number of carbonyl (C=O) groups excluding carboxylic acids is 1. The number of hydrogen-bond donors (Lipinski definition) is 1. The molecule has 5 heteroatoms. The summed E-state index contributed by atoms with van der Waals surface area (Å²) in [6.07, 6.45) is 2.76. The summed E-state index contributed by atoms with van der Waals surface area (Å²) in [7, 11) is 0.